The van der Waals surface area contributed by atoms with E-state index in [1.165, 1.54) is 0 Å². The number of carbonyl (C=O) groups excluding carboxylic acids is 4. The van der Waals surface area contributed by atoms with Gasteiger partial charge in [-0.25, -0.2) is 4.79 Å². The van der Waals surface area contributed by atoms with Gasteiger partial charge in [0.2, 0.25) is 23.6 Å². The summed E-state index contributed by atoms with van der Waals surface area (Å²) in [5.74, 6) is -8.73. The summed E-state index contributed by atoms with van der Waals surface area (Å²) >= 11 is 0. The molecule has 0 aliphatic carbocycles. The van der Waals surface area contributed by atoms with Crippen molar-refractivity contribution in [1.82, 2.24) is 21.3 Å². The number of primary amides is 1. The highest BCUT2D eigenvalue weighted by Crippen LogP contribution is 2.06. The molecule has 0 radical (unpaired) electrons. The van der Waals surface area contributed by atoms with E-state index in [-0.39, 0.29) is 0 Å². The van der Waals surface area contributed by atoms with E-state index in [0.717, 1.165) is 0 Å². The lowest BCUT2D eigenvalue weighted by molar-refractivity contribution is -0.145. The van der Waals surface area contributed by atoms with Gasteiger partial charge in [-0.3, -0.25) is 28.8 Å². The number of hydrogen-bond acceptors (Lipinski definition) is 8. The van der Waals surface area contributed by atoms with E-state index in [0.29, 0.717) is 19.4 Å². The minimum atomic E-state index is -1.83. The number of nitrogens with two attached hydrogens (primary N) is 1. The van der Waals surface area contributed by atoms with Gasteiger partial charge in [-0.05, 0) is 19.4 Å². The maximum Gasteiger partial charge on any atom is 0.326 e. The third kappa shape index (κ3) is 8.95. The van der Waals surface area contributed by atoms with E-state index in [9.17, 15) is 33.6 Å². The van der Waals surface area contributed by atoms with E-state index in [1.54, 1.807) is 0 Å². The maximum absolute atomic E-state index is 12.5. The molecule has 4 atom stereocenters. The molecule has 1 rings (SSSR count). The Labute approximate surface area is 181 Å². The number of carboxylic acids is 3. The summed E-state index contributed by atoms with van der Waals surface area (Å²) in [5.41, 5.74) is 4.91. The van der Waals surface area contributed by atoms with Crippen LogP contribution in [0.5, 0.6) is 0 Å². The topological polar surface area (TPSA) is 254 Å². The molecule has 15 nitrogen and oxygen atoms in total. The number of amides is 4. The minimum absolute atomic E-state index is 0.466. The van der Waals surface area contributed by atoms with Crippen LogP contribution in [0.2, 0.25) is 0 Å². The molecule has 32 heavy (non-hydrogen) atoms. The Kier molecular flexibility index (Phi) is 10.0. The number of carboxylic acid groups (broad SMARTS) is 3. The predicted octanol–water partition coefficient (Wildman–Crippen LogP) is -3.90. The Bertz CT molecular complexity index is 780. The summed E-state index contributed by atoms with van der Waals surface area (Å²) in [6.07, 6.45) is -1.47. The Balaban J connectivity index is 2.95. The van der Waals surface area contributed by atoms with Crippen LogP contribution in [-0.2, 0) is 33.6 Å². The molecule has 4 amide bonds. The van der Waals surface area contributed by atoms with Crippen molar-refractivity contribution in [3.05, 3.63) is 0 Å². The van der Waals surface area contributed by atoms with Crippen molar-refractivity contribution < 1.29 is 48.9 Å². The normalized spacial score (nSPS) is 17.9. The molecule has 0 spiro atoms. The Morgan fingerprint density at radius 2 is 1.31 bits per heavy atom. The third-order valence-electron chi connectivity index (χ3n) is 4.42. The lowest BCUT2D eigenvalue weighted by Crippen LogP contribution is -2.58. The summed E-state index contributed by atoms with van der Waals surface area (Å²) < 4.78 is 0. The fraction of sp³-hybridized carbons (Fsp3) is 0.588. The second kappa shape index (κ2) is 12.2. The summed E-state index contributed by atoms with van der Waals surface area (Å²) in [5, 5.41) is 36.1. The molecule has 178 valence electrons. The molecular formula is C17H25N5O10. The summed E-state index contributed by atoms with van der Waals surface area (Å²) in [6, 6.07) is -5.88. The first-order valence-electron chi connectivity index (χ1n) is 9.49. The van der Waals surface area contributed by atoms with Crippen LogP contribution in [0.3, 0.4) is 0 Å². The van der Waals surface area contributed by atoms with E-state index in [4.69, 9.17) is 21.1 Å². The molecule has 0 aromatic rings. The number of carbonyl (C=O) groups is 7. The number of nitrogens with one attached hydrogen (secondary N) is 4. The Hall–Kier alpha value is -3.75. The predicted molar refractivity (Wildman–Crippen MR) is 103 cm³/mol. The molecule has 15 heteroatoms. The van der Waals surface area contributed by atoms with Crippen molar-refractivity contribution in [1.29, 1.82) is 0 Å². The zero-order valence-corrected chi connectivity index (χ0v) is 16.8. The molecule has 1 heterocycles. The van der Waals surface area contributed by atoms with E-state index in [2.05, 4.69) is 10.6 Å². The zero-order valence-electron chi connectivity index (χ0n) is 16.8. The van der Waals surface area contributed by atoms with Gasteiger partial charge >= 0.3 is 17.9 Å². The molecule has 4 unspecified atom stereocenters. The number of aliphatic carboxylic acids is 3. The van der Waals surface area contributed by atoms with Gasteiger partial charge < -0.3 is 42.3 Å². The smallest absolute Gasteiger partial charge is 0.326 e. The van der Waals surface area contributed by atoms with Gasteiger partial charge in [0, 0.05) is 0 Å². The SMILES string of the molecule is NC(=O)CC(NC(=O)C(CC(=O)O)NC(=O)C(CC(=O)O)NC(=O)C1CCCN1)C(=O)O. The quantitative estimate of drug-likeness (QED) is 0.132. The second-order valence-corrected chi connectivity index (χ2v) is 7.04. The van der Waals surface area contributed by atoms with Crippen molar-refractivity contribution in [2.24, 2.45) is 5.73 Å². The zero-order chi connectivity index (χ0) is 24.4. The van der Waals surface area contributed by atoms with Crippen LogP contribution in [-0.4, -0.2) is 87.6 Å². The van der Waals surface area contributed by atoms with Crippen molar-refractivity contribution in [2.45, 2.75) is 56.3 Å². The first-order chi connectivity index (χ1) is 14.9. The number of hydrogen-bond donors (Lipinski definition) is 8. The van der Waals surface area contributed by atoms with Crippen LogP contribution < -0.4 is 27.0 Å². The molecule has 0 bridgehead atoms. The highest BCUT2D eigenvalue weighted by Gasteiger charge is 2.33. The molecule has 0 saturated carbocycles. The van der Waals surface area contributed by atoms with Gasteiger partial charge in [0.05, 0.1) is 25.3 Å². The summed E-state index contributed by atoms with van der Waals surface area (Å²) in [6.45, 7) is 0.560. The maximum atomic E-state index is 12.5. The molecular weight excluding hydrogens is 434 g/mol. The standard InChI is InChI=1S/C17H25N5O10/c18-11(23)4-10(17(31)32)22-16(30)9(6-13(26)27)21-15(29)8(5-12(24)25)20-14(28)7-2-1-3-19-7/h7-10,19H,1-6H2,(H2,18,23)(H,20,28)(H,21,29)(H,22,30)(H,24,25)(H,26,27)(H,31,32). The Morgan fingerprint density at radius 3 is 1.72 bits per heavy atom. The highest BCUT2D eigenvalue weighted by atomic mass is 16.4. The molecule has 1 saturated heterocycles. The monoisotopic (exact) mass is 459 g/mol. The molecule has 9 N–H and O–H groups in total. The molecule has 1 aliphatic heterocycles. The van der Waals surface area contributed by atoms with E-state index >= 15 is 0 Å². The average molecular weight is 459 g/mol. The first kappa shape index (κ1) is 26.3. The van der Waals surface area contributed by atoms with Gasteiger partial charge in [-0.2, -0.15) is 0 Å². The molecule has 1 fully saturated rings. The van der Waals surface area contributed by atoms with Crippen LogP contribution in [0.25, 0.3) is 0 Å². The average Bonchev–Trinajstić information content (AvgIpc) is 3.20. The van der Waals surface area contributed by atoms with Gasteiger partial charge in [-0.15, -0.1) is 0 Å². The van der Waals surface area contributed by atoms with Crippen molar-refractivity contribution in [3.63, 3.8) is 0 Å². The third-order valence-corrected chi connectivity index (χ3v) is 4.42. The first-order valence-corrected chi connectivity index (χ1v) is 9.49. The lowest BCUT2D eigenvalue weighted by Gasteiger charge is -2.23. The Morgan fingerprint density at radius 1 is 0.812 bits per heavy atom. The summed E-state index contributed by atoms with van der Waals surface area (Å²) in [7, 11) is 0. The molecule has 0 aromatic carbocycles. The number of rotatable bonds is 13. The largest absolute Gasteiger partial charge is 0.481 e. The van der Waals surface area contributed by atoms with Gasteiger partial charge in [0.25, 0.3) is 0 Å². The van der Waals surface area contributed by atoms with Crippen LogP contribution in [0, 0.1) is 0 Å². The van der Waals surface area contributed by atoms with E-state index < -0.39 is 85.0 Å². The van der Waals surface area contributed by atoms with Crippen LogP contribution in [0.15, 0.2) is 0 Å². The second-order valence-electron chi connectivity index (χ2n) is 7.04. The minimum Gasteiger partial charge on any atom is -0.481 e. The van der Waals surface area contributed by atoms with Crippen LogP contribution in [0.4, 0.5) is 0 Å². The van der Waals surface area contributed by atoms with E-state index in [1.807, 2.05) is 10.6 Å². The summed E-state index contributed by atoms with van der Waals surface area (Å²) in [4.78, 5) is 81.5. The van der Waals surface area contributed by atoms with Crippen LogP contribution >= 0.6 is 0 Å². The van der Waals surface area contributed by atoms with Gasteiger partial charge in [0.1, 0.15) is 18.1 Å². The van der Waals surface area contributed by atoms with Crippen molar-refractivity contribution in [2.75, 3.05) is 6.54 Å². The lowest BCUT2D eigenvalue weighted by atomic mass is 10.1. The highest BCUT2D eigenvalue weighted by molar-refractivity contribution is 5.97. The van der Waals surface area contributed by atoms with Crippen molar-refractivity contribution in [3.8, 4) is 0 Å². The van der Waals surface area contributed by atoms with Crippen LogP contribution in [0.1, 0.15) is 32.1 Å². The van der Waals surface area contributed by atoms with Gasteiger partial charge in [0.15, 0.2) is 0 Å². The van der Waals surface area contributed by atoms with Crippen molar-refractivity contribution >= 4 is 41.5 Å². The fourth-order valence-corrected chi connectivity index (χ4v) is 2.89. The fourth-order valence-electron chi connectivity index (χ4n) is 2.89. The molecule has 0 aromatic heterocycles. The van der Waals surface area contributed by atoms with Gasteiger partial charge in [-0.1, -0.05) is 0 Å². The molecule has 1 aliphatic rings.